The minimum absolute atomic E-state index is 0.367. The average molecular weight is 175 g/mol. The summed E-state index contributed by atoms with van der Waals surface area (Å²) in [4.78, 5) is 11.1. The molecule has 2 N–H and O–H groups in total. The van der Waals surface area contributed by atoms with E-state index < -0.39 is 17.7 Å². The predicted octanol–water partition coefficient (Wildman–Crippen LogP) is 0.769. The summed E-state index contributed by atoms with van der Waals surface area (Å²) in [5.41, 5.74) is 4.80. The van der Waals surface area contributed by atoms with Gasteiger partial charge in [-0.05, 0) is 25.7 Å². The molecule has 3 nitrogen and oxygen atoms in total. The number of ether oxygens (including phenoxy) is 1. The molecule has 1 aliphatic carbocycles. The lowest BCUT2D eigenvalue weighted by Gasteiger charge is -2.31. The quantitative estimate of drug-likeness (QED) is 0.599. The smallest absolute Gasteiger partial charge is 0.325 e. The Balaban J connectivity index is 2.55. The van der Waals surface area contributed by atoms with Crippen molar-refractivity contribution in [2.45, 2.75) is 37.4 Å². The van der Waals surface area contributed by atoms with Gasteiger partial charge in [0.15, 0.2) is 0 Å². The standard InChI is InChI=1S/C8H14FNO2/c1-12-7(11)8(10)4-2-6(9)3-5-8/h6H,2-5,10H2,1H3. The highest BCUT2D eigenvalue weighted by molar-refractivity contribution is 5.80. The van der Waals surface area contributed by atoms with Gasteiger partial charge in [-0.1, -0.05) is 0 Å². The van der Waals surface area contributed by atoms with Gasteiger partial charge in [-0.15, -0.1) is 0 Å². The van der Waals surface area contributed by atoms with E-state index in [-0.39, 0.29) is 0 Å². The lowest BCUT2D eigenvalue weighted by molar-refractivity contribution is -0.148. The lowest BCUT2D eigenvalue weighted by atomic mass is 9.82. The monoisotopic (exact) mass is 175 g/mol. The van der Waals surface area contributed by atoms with Gasteiger partial charge in [0, 0.05) is 0 Å². The van der Waals surface area contributed by atoms with Crippen molar-refractivity contribution in [3.8, 4) is 0 Å². The summed E-state index contributed by atoms with van der Waals surface area (Å²) in [6.45, 7) is 0. The second-order valence-corrected chi connectivity index (χ2v) is 3.32. The van der Waals surface area contributed by atoms with Crippen molar-refractivity contribution in [2.24, 2.45) is 5.73 Å². The van der Waals surface area contributed by atoms with Crippen molar-refractivity contribution in [1.82, 2.24) is 0 Å². The molecule has 0 bridgehead atoms. The molecular formula is C8H14FNO2. The summed E-state index contributed by atoms with van der Waals surface area (Å²) in [6, 6.07) is 0. The van der Waals surface area contributed by atoms with Gasteiger partial charge >= 0.3 is 5.97 Å². The maximum Gasteiger partial charge on any atom is 0.325 e. The van der Waals surface area contributed by atoms with Crippen LogP contribution in [0, 0.1) is 0 Å². The topological polar surface area (TPSA) is 52.3 Å². The number of hydrogen-bond acceptors (Lipinski definition) is 3. The molecule has 1 fully saturated rings. The van der Waals surface area contributed by atoms with Crippen LogP contribution in [-0.4, -0.2) is 24.8 Å². The molecule has 0 heterocycles. The Kier molecular flexibility index (Phi) is 2.67. The van der Waals surface area contributed by atoms with E-state index in [0.717, 1.165) is 0 Å². The van der Waals surface area contributed by atoms with Gasteiger partial charge in [-0.25, -0.2) is 4.39 Å². The van der Waals surface area contributed by atoms with E-state index in [0.29, 0.717) is 25.7 Å². The number of carbonyl (C=O) groups is 1. The lowest BCUT2D eigenvalue weighted by Crippen LogP contribution is -2.51. The van der Waals surface area contributed by atoms with Gasteiger partial charge in [0.05, 0.1) is 7.11 Å². The van der Waals surface area contributed by atoms with E-state index in [1.165, 1.54) is 7.11 Å². The molecular weight excluding hydrogens is 161 g/mol. The van der Waals surface area contributed by atoms with Crippen molar-refractivity contribution in [3.05, 3.63) is 0 Å². The molecule has 1 saturated carbocycles. The molecule has 0 aromatic heterocycles. The second-order valence-electron chi connectivity index (χ2n) is 3.32. The number of hydrogen-bond donors (Lipinski definition) is 1. The predicted molar refractivity (Wildman–Crippen MR) is 42.3 cm³/mol. The first-order chi connectivity index (χ1) is 5.58. The summed E-state index contributed by atoms with van der Waals surface area (Å²) in [5, 5.41) is 0. The molecule has 4 heteroatoms. The van der Waals surface area contributed by atoms with E-state index in [9.17, 15) is 9.18 Å². The molecule has 0 radical (unpaired) electrons. The first kappa shape index (κ1) is 9.45. The zero-order chi connectivity index (χ0) is 9.19. The SMILES string of the molecule is COC(=O)C1(N)CCC(F)CC1. The maximum atomic E-state index is 12.7. The van der Waals surface area contributed by atoms with Crippen LogP contribution in [0.25, 0.3) is 0 Å². The Hall–Kier alpha value is -0.640. The second kappa shape index (κ2) is 3.39. The first-order valence-corrected chi connectivity index (χ1v) is 4.10. The highest BCUT2D eigenvalue weighted by Crippen LogP contribution is 2.28. The number of alkyl halides is 1. The normalized spacial score (nSPS) is 36.1. The molecule has 0 aromatic rings. The van der Waals surface area contributed by atoms with Crippen molar-refractivity contribution >= 4 is 5.97 Å². The van der Waals surface area contributed by atoms with Gasteiger partial charge in [-0.3, -0.25) is 4.79 Å². The van der Waals surface area contributed by atoms with Crippen molar-refractivity contribution in [1.29, 1.82) is 0 Å². The van der Waals surface area contributed by atoms with E-state index in [1.807, 2.05) is 0 Å². The van der Waals surface area contributed by atoms with E-state index in [2.05, 4.69) is 4.74 Å². The van der Waals surface area contributed by atoms with E-state index >= 15 is 0 Å². The van der Waals surface area contributed by atoms with Gasteiger partial charge in [0.2, 0.25) is 0 Å². The van der Waals surface area contributed by atoms with Crippen LogP contribution in [0.2, 0.25) is 0 Å². The van der Waals surface area contributed by atoms with Gasteiger partial charge in [-0.2, -0.15) is 0 Å². The van der Waals surface area contributed by atoms with Crippen LogP contribution >= 0.6 is 0 Å². The number of methoxy groups -OCH3 is 1. The van der Waals surface area contributed by atoms with Crippen LogP contribution in [0.3, 0.4) is 0 Å². The molecule has 0 atom stereocenters. The number of nitrogens with two attached hydrogens (primary N) is 1. The van der Waals surface area contributed by atoms with Crippen LogP contribution in [-0.2, 0) is 9.53 Å². The Morgan fingerprint density at radius 1 is 1.58 bits per heavy atom. The average Bonchev–Trinajstić information content (AvgIpc) is 2.09. The Morgan fingerprint density at radius 3 is 2.50 bits per heavy atom. The third kappa shape index (κ3) is 1.75. The van der Waals surface area contributed by atoms with Crippen LogP contribution in [0.15, 0.2) is 0 Å². The number of halogens is 1. The zero-order valence-electron chi connectivity index (χ0n) is 7.18. The van der Waals surface area contributed by atoms with Crippen LogP contribution < -0.4 is 5.73 Å². The number of carbonyl (C=O) groups excluding carboxylic acids is 1. The Bertz CT molecular complexity index is 176. The molecule has 0 unspecified atom stereocenters. The minimum atomic E-state index is -0.933. The van der Waals surface area contributed by atoms with E-state index in [1.54, 1.807) is 0 Å². The summed E-state index contributed by atoms with van der Waals surface area (Å²) in [6.07, 6.45) is 0.713. The zero-order valence-corrected chi connectivity index (χ0v) is 7.18. The largest absolute Gasteiger partial charge is 0.468 e. The van der Waals surface area contributed by atoms with Crippen LogP contribution in [0.1, 0.15) is 25.7 Å². The summed E-state index contributed by atoms with van der Waals surface area (Å²) < 4.78 is 17.2. The molecule has 12 heavy (non-hydrogen) atoms. The van der Waals surface area contributed by atoms with E-state index in [4.69, 9.17) is 5.73 Å². The first-order valence-electron chi connectivity index (χ1n) is 4.10. The van der Waals surface area contributed by atoms with Gasteiger partial charge < -0.3 is 10.5 Å². The fourth-order valence-corrected chi connectivity index (χ4v) is 1.51. The van der Waals surface area contributed by atoms with Crippen molar-refractivity contribution < 1.29 is 13.9 Å². The molecule has 0 aliphatic heterocycles. The maximum absolute atomic E-state index is 12.7. The van der Waals surface area contributed by atoms with Crippen molar-refractivity contribution in [2.75, 3.05) is 7.11 Å². The minimum Gasteiger partial charge on any atom is -0.468 e. The molecule has 1 rings (SSSR count). The molecule has 70 valence electrons. The van der Waals surface area contributed by atoms with Gasteiger partial charge in [0.25, 0.3) is 0 Å². The fourth-order valence-electron chi connectivity index (χ4n) is 1.51. The fraction of sp³-hybridized carbons (Fsp3) is 0.875. The van der Waals surface area contributed by atoms with Gasteiger partial charge in [0.1, 0.15) is 11.7 Å². The highest BCUT2D eigenvalue weighted by atomic mass is 19.1. The third-order valence-corrected chi connectivity index (χ3v) is 2.40. The highest BCUT2D eigenvalue weighted by Gasteiger charge is 2.39. The molecule has 0 aromatic carbocycles. The molecule has 1 aliphatic rings. The van der Waals surface area contributed by atoms with Crippen molar-refractivity contribution in [3.63, 3.8) is 0 Å². The number of rotatable bonds is 1. The van der Waals surface area contributed by atoms with Crippen LogP contribution in [0.4, 0.5) is 4.39 Å². The summed E-state index contributed by atoms with van der Waals surface area (Å²) >= 11 is 0. The Morgan fingerprint density at radius 2 is 2.08 bits per heavy atom. The molecule has 0 saturated heterocycles. The molecule has 0 spiro atoms. The summed E-state index contributed by atoms with van der Waals surface area (Å²) in [5.74, 6) is -0.422. The third-order valence-electron chi connectivity index (χ3n) is 2.40. The number of esters is 1. The summed E-state index contributed by atoms with van der Waals surface area (Å²) in [7, 11) is 1.30. The van der Waals surface area contributed by atoms with Crippen LogP contribution in [0.5, 0.6) is 0 Å². The Labute approximate surface area is 71.1 Å². The molecule has 0 amide bonds.